The van der Waals surface area contributed by atoms with Gasteiger partial charge in [0.05, 0.1) is 11.1 Å². The fraction of sp³-hybridized carbons (Fsp3) is 0.111. The Morgan fingerprint density at radius 1 is 1.00 bits per heavy atom. The van der Waals surface area contributed by atoms with Crippen molar-refractivity contribution in [2.45, 2.75) is 13.0 Å². The number of hydrogen-bond acceptors (Lipinski definition) is 5. The molecule has 1 heterocycles. The van der Waals surface area contributed by atoms with E-state index in [1.165, 1.54) is 31.2 Å². The van der Waals surface area contributed by atoms with Crippen molar-refractivity contribution in [2.75, 3.05) is 0 Å². The minimum atomic E-state index is -1.07. The molecule has 0 N–H and O–H groups in total. The maximum atomic E-state index is 12.3. The predicted octanol–water partition coefficient (Wildman–Crippen LogP) is 2.09. The van der Waals surface area contributed by atoms with Gasteiger partial charge in [0.1, 0.15) is 18.1 Å². The first kappa shape index (κ1) is 15.6. The van der Waals surface area contributed by atoms with Gasteiger partial charge in [-0.3, -0.25) is 19.3 Å². The normalized spacial score (nSPS) is 14.3. The second-order valence-electron chi connectivity index (χ2n) is 5.31. The average molecular weight is 323 g/mol. The van der Waals surface area contributed by atoms with E-state index in [0.717, 1.165) is 4.90 Å². The highest BCUT2D eigenvalue weighted by Crippen LogP contribution is 2.25. The molecule has 1 aliphatic heterocycles. The first-order valence-electron chi connectivity index (χ1n) is 7.27. The summed E-state index contributed by atoms with van der Waals surface area (Å²) in [6.07, 6.45) is 0.674. The number of esters is 1. The number of imide groups is 1. The zero-order chi connectivity index (χ0) is 17.3. The zero-order valence-corrected chi connectivity index (χ0v) is 12.8. The predicted molar refractivity (Wildman–Crippen MR) is 83.9 cm³/mol. The van der Waals surface area contributed by atoms with Crippen LogP contribution in [-0.4, -0.2) is 35.0 Å². The van der Waals surface area contributed by atoms with E-state index in [0.29, 0.717) is 11.8 Å². The number of carbonyl (C=O) groups excluding carboxylic acids is 4. The molecule has 0 aromatic heterocycles. The molecular weight excluding hydrogens is 310 g/mol. The molecule has 1 unspecified atom stereocenters. The van der Waals surface area contributed by atoms with Crippen molar-refractivity contribution in [1.82, 2.24) is 4.90 Å². The third-order valence-corrected chi connectivity index (χ3v) is 3.79. The van der Waals surface area contributed by atoms with Crippen molar-refractivity contribution in [3.8, 4) is 5.75 Å². The Bertz CT molecular complexity index is 806. The Labute approximate surface area is 137 Å². The van der Waals surface area contributed by atoms with Crippen molar-refractivity contribution in [3.05, 3.63) is 65.2 Å². The summed E-state index contributed by atoms with van der Waals surface area (Å²) < 4.78 is 5.18. The molecule has 0 fully saturated rings. The minimum Gasteiger partial charge on any atom is -0.425 e. The topological polar surface area (TPSA) is 80.8 Å². The Kier molecular flexibility index (Phi) is 3.95. The van der Waals surface area contributed by atoms with Gasteiger partial charge in [-0.05, 0) is 43.3 Å². The van der Waals surface area contributed by atoms with Crippen molar-refractivity contribution >= 4 is 24.1 Å². The van der Waals surface area contributed by atoms with Crippen LogP contribution in [0.5, 0.6) is 5.75 Å². The lowest BCUT2D eigenvalue weighted by atomic mass is 10.1. The first-order chi connectivity index (χ1) is 11.5. The number of amides is 2. The van der Waals surface area contributed by atoms with Gasteiger partial charge in [-0.25, -0.2) is 4.79 Å². The van der Waals surface area contributed by atoms with Crippen LogP contribution >= 0.6 is 0 Å². The summed E-state index contributed by atoms with van der Waals surface area (Å²) in [5, 5.41) is 0. The van der Waals surface area contributed by atoms with Gasteiger partial charge in [-0.2, -0.15) is 0 Å². The Balaban J connectivity index is 1.77. The van der Waals surface area contributed by atoms with Crippen LogP contribution in [-0.2, 0) is 4.79 Å². The number of aldehydes is 1. The summed E-state index contributed by atoms with van der Waals surface area (Å²) in [6.45, 7) is 1.43. The van der Waals surface area contributed by atoms with Gasteiger partial charge in [-0.1, -0.05) is 12.1 Å². The monoisotopic (exact) mass is 323 g/mol. The number of benzene rings is 2. The zero-order valence-electron chi connectivity index (χ0n) is 12.8. The molecule has 120 valence electrons. The van der Waals surface area contributed by atoms with E-state index in [9.17, 15) is 19.2 Å². The molecule has 2 amide bonds. The van der Waals surface area contributed by atoms with E-state index >= 15 is 0 Å². The van der Waals surface area contributed by atoms with Crippen molar-refractivity contribution in [3.63, 3.8) is 0 Å². The SMILES string of the molecule is CC(C(=O)Oc1ccc(C=O)cc1)N1C(=O)c2ccccc2C1=O. The largest absolute Gasteiger partial charge is 0.425 e. The van der Waals surface area contributed by atoms with E-state index in [2.05, 4.69) is 0 Å². The van der Waals surface area contributed by atoms with E-state index in [-0.39, 0.29) is 16.9 Å². The number of ether oxygens (including phenoxy) is 1. The summed E-state index contributed by atoms with van der Waals surface area (Å²) in [5.74, 6) is -1.54. The summed E-state index contributed by atoms with van der Waals surface area (Å²) in [4.78, 5) is 48.5. The second-order valence-corrected chi connectivity index (χ2v) is 5.31. The third kappa shape index (κ3) is 2.58. The van der Waals surface area contributed by atoms with E-state index in [1.807, 2.05) is 0 Å². The summed E-state index contributed by atoms with van der Waals surface area (Å²) >= 11 is 0. The van der Waals surface area contributed by atoms with Crippen LogP contribution in [0.15, 0.2) is 48.5 Å². The fourth-order valence-electron chi connectivity index (χ4n) is 2.48. The molecule has 0 spiro atoms. The van der Waals surface area contributed by atoms with Gasteiger partial charge in [0, 0.05) is 5.56 Å². The highest BCUT2D eigenvalue weighted by molar-refractivity contribution is 6.22. The van der Waals surface area contributed by atoms with Crippen LogP contribution in [0.3, 0.4) is 0 Å². The molecule has 6 nitrogen and oxygen atoms in total. The second kappa shape index (κ2) is 6.08. The van der Waals surface area contributed by atoms with Crippen LogP contribution < -0.4 is 4.74 Å². The van der Waals surface area contributed by atoms with Crippen molar-refractivity contribution < 1.29 is 23.9 Å². The molecule has 2 aromatic carbocycles. The van der Waals surface area contributed by atoms with E-state index < -0.39 is 23.8 Å². The van der Waals surface area contributed by atoms with Crippen LogP contribution in [0, 0.1) is 0 Å². The van der Waals surface area contributed by atoms with Crippen LogP contribution in [0.2, 0.25) is 0 Å². The summed E-state index contributed by atoms with van der Waals surface area (Å²) in [7, 11) is 0. The molecule has 0 aliphatic carbocycles. The molecule has 0 saturated carbocycles. The van der Waals surface area contributed by atoms with E-state index in [1.54, 1.807) is 24.3 Å². The maximum absolute atomic E-state index is 12.3. The lowest BCUT2D eigenvalue weighted by Crippen LogP contribution is -2.44. The number of hydrogen-bond donors (Lipinski definition) is 0. The number of nitrogens with zero attached hydrogens (tertiary/aromatic N) is 1. The first-order valence-corrected chi connectivity index (χ1v) is 7.27. The lowest BCUT2D eigenvalue weighted by molar-refractivity contribution is -0.138. The van der Waals surface area contributed by atoms with Crippen molar-refractivity contribution in [2.24, 2.45) is 0 Å². The Morgan fingerprint density at radius 3 is 2.04 bits per heavy atom. The molecule has 1 atom stereocenters. The molecule has 0 bridgehead atoms. The smallest absolute Gasteiger partial charge is 0.334 e. The highest BCUT2D eigenvalue weighted by Gasteiger charge is 2.41. The molecule has 3 rings (SSSR count). The van der Waals surface area contributed by atoms with Gasteiger partial charge in [0.2, 0.25) is 0 Å². The van der Waals surface area contributed by atoms with Gasteiger partial charge in [0.25, 0.3) is 11.8 Å². The van der Waals surface area contributed by atoms with Crippen LogP contribution in [0.1, 0.15) is 38.0 Å². The minimum absolute atomic E-state index is 0.231. The van der Waals surface area contributed by atoms with E-state index in [4.69, 9.17) is 4.74 Å². The van der Waals surface area contributed by atoms with Gasteiger partial charge in [-0.15, -0.1) is 0 Å². The molecule has 24 heavy (non-hydrogen) atoms. The Hall–Kier alpha value is -3.28. The van der Waals surface area contributed by atoms with Crippen LogP contribution in [0.4, 0.5) is 0 Å². The number of rotatable bonds is 4. The number of carbonyl (C=O) groups is 4. The van der Waals surface area contributed by atoms with Gasteiger partial charge < -0.3 is 4.74 Å². The van der Waals surface area contributed by atoms with Crippen LogP contribution in [0.25, 0.3) is 0 Å². The van der Waals surface area contributed by atoms with Gasteiger partial charge >= 0.3 is 5.97 Å². The third-order valence-electron chi connectivity index (χ3n) is 3.79. The van der Waals surface area contributed by atoms with Gasteiger partial charge in [0.15, 0.2) is 0 Å². The highest BCUT2D eigenvalue weighted by atomic mass is 16.5. The molecule has 6 heteroatoms. The average Bonchev–Trinajstić information content (AvgIpc) is 2.86. The summed E-state index contributed by atoms with van der Waals surface area (Å²) in [6, 6.07) is 11.3. The quantitative estimate of drug-likeness (QED) is 0.372. The Morgan fingerprint density at radius 2 is 1.54 bits per heavy atom. The summed E-state index contributed by atoms with van der Waals surface area (Å²) in [5.41, 5.74) is 0.998. The molecular formula is C18H13NO5. The molecule has 0 saturated heterocycles. The fourth-order valence-corrected chi connectivity index (χ4v) is 2.48. The lowest BCUT2D eigenvalue weighted by Gasteiger charge is -2.20. The molecule has 0 radical (unpaired) electrons. The number of fused-ring (bicyclic) bond motifs is 1. The molecule has 2 aromatic rings. The standard InChI is InChI=1S/C18H13NO5/c1-11(18(23)24-13-8-6-12(10-20)7-9-13)19-16(21)14-4-2-3-5-15(14)17(19)22/h2-11H,1H3. The van der Waals surface area contributed by atoms with Crippen molar-refractivity contribution in [1.29, 1.82) is 0 Å². The maximum Gasteiger partial charge on any atom is 0.334 e. The molecule has 1 aliphatic rings.